The molecule has 1 aliphatic heterocycles. The minimum atomic E-state index is -0.0865. The van der Waals surface area contributed by atoms with Crippen molar-refractivity contribution in [2.45, 2.75) is 45.1 Å². The van der Waals surface area contributed by atoms with Crippen LogP contribution in [-0.4, -0.2) is 15.7 Å². The van der Waals surface area contributed by atoms with E-state index in [4.69, 9.17) is 0 Å². The summed E-state index contributed by atoms with van der Waals surface area (Å²) in [6, 6.07) is 0. The highest BCUT2D eigenvalue weighted by molar-refractivity contribution is 5.85. The molecule has 0 bridgehead atoms. The van der Waals surface area contributed by atoms with Gasteiger partial charge >= 0.3 is 0 Å². The zero-order valence-electron chi connectivity index (χ0n) is 10.7. The molecule has 2 rings (SSSR count). The fourth-order valence-electron chi connectivity index (χ4n) is 1.98. The molecule has 17 heavy (non-hydrogen) atoms. The van der Waals surface area contributed by atoms with E-state index >= 15 is 0 Å². The summed E-state index contributed by atoms with van der Waals surface area (Å²) in [7, 11) is 0. The predicted octanol–water partition coefficient (Wildman–Crippen LogP) is 2.15. The van der Waals surface area contributed by atoms with Crippen LogP contribution in [0.25, 0.3) is 0 Å². The summed E-state index contributed by atoms with van der Waals surface area (Å²) in [5.74, 6) is -0.0497. The number of amides is 1. The minimum absolute atomic E-state index is 0.0368. The Morgan fingerprint density at radius 2 is 2.24 bits per heavy atom. The van der Waals surface area contributed by atoms with Crippen LogP contribution in [-0.2, 0) is 10.3 Å². The van der Waals surface area contributed by atoms with Gasteiger partial charge in [0.1, 0.15) is 0 Å². The molecule has 1 aromatic heterocycles. The molecule has 4 nitrogen and oxygen atoms in total. The quantitative estimate of drug-likeness (QED) is 0.808. The van der Waals surface area contributed by atoms with Crippen molar-refractivity contribution in [3.63, 3.8) is 0 Å². The first-order valence-corrected chi connectivity index (χ1v) is 5.91. The van der Waals surface area contributed by atoms with Crippen molar-refractivity contribution in [2.24, 2.45) is 0 Å². The predicted molar refractivity (Wildman–Crippen MR) is 66.5 cm³/mol. The average Bonchev–Trinajstić information content (AvgIpc) is 2.65. The molecule has 1 saturated heterocycles. The van der Waals surface area contributed by atoms with E-state index in [2.05, 4.69) is 37.8 Å². The maximum atomic E-state index is 11.9. The zero-order valence-corrected chi connectivity index (χ0v) is 10.7. The molecule has 1 unspecified atom stereocenters. The van der Waals surface area contributed by atoms with Crippen LogP contribution in [0.2, 0.25) is 0 Å². The smallest absolute Gasteiger partial charge is 0.231 e. The summed E-state index contributed by atoms with van der Waals surface area (Å²) >= 11 is 0. The van der Waals surface area contributed by atoms with E-state index in [1.54, 1.807) is 6.20 Å². The topological polar surface area (TPSA) is 46.9 Å². The Bertz CT molecular complexity index is 453. The molecule has 0 spiro atoms. The van der Waals surface area contributed by atoms with Gasteiger partial charge in [-0.05, 0) is 33.6 Å². The molecule has 92 valence electrons. The van der Waals surface area contributed by atoms with Crippen molar-refractivity contribution < 1.29 is 4.79 Å². The normalized spacial score (nSPS) is 21.5. The molecule has 0 aromatic carbocycles. The van der Waals surface area contributed by atoms with Gasteiger partial charge in [0.15, 0.2) is 0 Å². The third kappa shape index (κ3) is 2.40. The monoisotopic (exact) mass is 233 g/mol. The fraction of sp³-hybridized carbons (Fsp3) is 0.538. The van der Waals surface area contributed by atoms with Gasteiger partial charge in [-0.2, -0.15) is 5.10 Å². The van der Waals surface area contributed by atoms with Crippen molar-refractivity contribution in [2.75, 3.05) is 0 Å². The van der Waals surface area contributed by atoms with E-state index < -0.39 is 0 Å². The van der Waals surface area contributed by atoms with Gasteiger partial charge in [0.2, 0.25) is 5.91 Å². The van der Waals surface area contributed by atoms with Crippen LogP contribution in [0.3, 0.4) is 0 Å². The summed E-state index contributed by atoms with van der Waals surface area (Å²) in [4.78, 5) is 11.9. The van der Waals surface area contributed by atoms with E-state index in [1.165, 1.54) is 0 Å². The molecular weight excluding hydrogens is 214 g/mol. The first-order chi connectivity index (χ1) is 7.88. The third-order valence-electron chi connectivity index (χ3n) is 3.04. The Morgan fingerprint density at radius 1 is 1.53 bits per heavy atom. The van der Waals surface area contributed by atoms with Crippen LogP contribution < -0.4 is 5.32 Å². The second-order valence-corrected chi connectivity index (χ2v) is 5.57. The molecule has 4 heteroatoms. The molecule has 2 heterocycles. The number of nitrogens with one attached hydrogen (secondary N) is 1. The van der Waals surface area contributed by atoms with Crippen molar-refractivity contribution in [3.05, 3.63) is 30.2 Å². The van der Waals surface area contributed by atoms with Gasteiger partial charge in [0, 0.05) is 17.5 Å². The zero-order chi connectivity index (χ0) is 12.6. The van der Waals surface area contributed by atoms with Gasteiger partial charge in [0.05, 0.1) is 17.7 Å². The first-order valence-electron chi connectivity index (χ1n) is 5.91. The molecule has 1 aliphatic rings. The van der Waals surface area contributed by atoms with Gasteiger partial charge in [-0.15, -0.1) is 0 Å². The van der Waals surface area contributed by atoms with Crippen LogP contribution in [0.15, 0.2) is 24.7 Å². The van der Waals surface area contributed by atoms with Gasteiger partial charge in [0.25, 0.3) is 0 Å². The molecular formula is C13H19N3O. The maximum absolute atomic E-state index is 11.9. The third-order valence-corrected chi connectivity index (χ3v) is 3.04. The number of nitrogens with zero attached hydrogens (tertiary/aromatic N) is 2. The van der Waals surface area contributed by atoms with E-state index in [9.17, 15) is 4.79 Å². The average molecular weight is 233 g/mol. The van der Waals surface area contributed by atoms with Gasteiger partial charge in [-0.3, -0.25) is 9.48 Å². The highest BCUT2D eigenvalue weighted by Gasteiger charge is 2.27. The van der Waals surface area contributed by atoms with Crippen molar-refractivity contribution in [1.82, 2.24) is 15.1 Å². The molecule has 1 N–H and O–H groups in total. The molecule has 1 fully saturated rings. The summed E-state index contributed by atoms with van der Waals surface area (Å²) in [5, 5.41) is 7.14. The standard InChI is InChI=1S/C13H19N3O/c1-9-5-6-11(12(17)15-9)10-7-14-16(8-10)13(2,3)4/h7-8,11H,1,5-6H2,2-4H3,(H,15,17). The van der Waals surface area contributed by atoms with Crippen LogP contribution in [0, 0.1) is 0 Å². The number of hydrogen-bond acceptors (Lipinski definition) is 2. The molecule has 0 radical (unpaired) electrons. The number of carbonyl (C=O) groups excluding carboxylic acids is 1. The molecule has 1 aromatic rings. The van der Waals surface area contributed by atoms with E-state index in [1.807, 2.05) is 10.9 Å². The lowest BCUT2D eigenvalue weighted by Gasteiger charge is -2.23. The second-order valence-electron chi connectivity index (χ2n) is 5.57. The number of carbonyl (C=O) groups is 1. The van der Waals surface area contributed by atoms with Crippen LogP contribution >= 0.6 is 0 Å². The van der Waals surface area contributed by atoms with Gasteiger partial charge in [-0.1, -0.05) is 6.58 Å². The van der Waals surface area contributed by atoms with Crippen LogP contribution in [0.1, 0.15) is 45.1 Å². The Hall–Kier alpha value is -1.58. The number of rotatable bonds is 1. The summed E-state index contributed by atoms with van der Waals surface area (Å²) in [6.45, 7) is 10.1. The van der Waals surface area contributed by atoms with E-state index in [-0.39, 0.29) is 17.4 Å². The van der Waals surface area contributed by atoms with E-state index in [0.29, 0.717) is 0 Å². The van der Waals surface area contributed by atoms with Crippen LogP contribution in [0.5, 0.6) is 0 Å². The fourth-order valence-corrected chi connectivity index (χ4v) is 1.98. The SMILES string of the molecule is C=C1CCC(c2cnn(C(C)(C)C)c2)C(=O)N1. The first kappa shape index (κ1) is 11.9. The lowest BCUT2D eigenvalue weighted by molar-refractivity contribution is -0.122. The van der Waals surface area contributed by atoms with Gasteiger partial charge < -0.3 is 5.32 Å². The number of aromatic nitrogens is 2. The van der Waals surface area contributed by atoms with Gasteiger partial charge in [-0.25, -0.2) is 0 Å². The van der Waals surface area contributed by atoms with Crippen LogP contribution in [0.4, 0.5) is 0 Å². The lowest BCUT2D eigenvalue weighted by Crippen LogP contribution is -2.33. The Labute approximate surface area is 102 Å². The lowest BCUT2D eigenvalue weighted by atomic mass is 9.92. The molecule has 0 aliphatic carbocycles. The van der Waals surface area contributed by atoms with E-state index in [0.717, 1.165) is 24.1 Å². The summed E-state index contributed by atoms with van der Waals surface area (Å²) < 4.78 is 1.90. The summed E-state index contributed by atoms with van der Waals surface area (Å²) in [6.07, 6.45) is 5.43. The Kier molecular flexibility index (Phi) is 2.81. The highest BCUT2D eigenvalue weighted by atomic mass is 16.2. The largest absolute Gasteiger partial charge is 0.330 e. The molecule has 0 saturated carbocycles. The number of allylic oxidation sites excluding steroid dienone is 1. The Balaban J connectivity index is 2.21. The minimum Gasteiger partial charge on any atom is -0.330 e. The molecule has 1 amide bonds. The number of piperidine rings is 1. The van der Waals surface area contributed by atoms with Crippen molar-refractivity contribution in [1.29, 1.82) is 0 Å². The Morgan fingerprint density at radius 3 is 2.76 bits per heavy atom. The molecule has 1 atom stereocenters. The summed E-state index contributed by atoms with van der Waals surface area (Å²) in [5.41, 5.74) is 1.76. The second kappa shape index (κ2) is 4.02. The number of hydrogen-bond donors (Lipinski definition) is 1. The maximum Gasteiger partial charge on any atom is 0.231 e. The van der Waals surface area contributed by atoms with Crippen molar-refractivity contribution >= 4 is 5.91 Å². The highest BCUT2D eigenvalue weighted by Crippen LogP contribution is 2.27. The van der Waals surface area contributed by atoms with Crippen molar-refractivity contribution in [3.8, 4) is 0 Å².